The summed E-state index contributed by atoms with van der Waals surface area (Å²) in [5.41, 5.74) is 3.42. The molecule has 0 bridgehead atoms. The molecular weight excluding hydrogens is 294 g/mol. The molecule has 4 nitrogen and oxygen atoms in total. The second-order valence-corrected chi connectivity index (χ2v) is 5.70. The summed E-state index contributed by atoms with van der Waals surface area (Å²) in [4.78, 5) is 12.7. The van der Waals surface area contributed by atoms with Crippen molar-refractivity contribution in [2.75, 3.05) is 11.9 Å². The number of fused-ring (bicyclic) bond motifs is 1. The number of hydrazone groups is 1. The summed E-state index contributed by atoms with van der Waals surface area (Å²) in [5.74, 6) is -0.180. The van der Waals surface area contributed by atoms with Crippen LogP contribution in [0.3, 0.4) is 0 Å². The van der Waals surface area contributed by atoms with E-state index in [-0.39, 0.29) is 12.5 Å². The maximum absolute atomic E-state index is 11.7. The second-order valence-electron chi connectivity index (χ2n) is 4.72. The van der Waals surface area contributed by atoms with Gasteiger partial charge in [-0.3, -0.25) is 4.79 Å². The molecule has 0 saturated heterocycles. The predicted octanol–water partition coefficient (Wildman–Crippen LogP) is 3.46. The van der Waals surface area contributed by atoms with Crippen LogP contribution in [0.1, 0.15) is 4.88 Å². The lowest BCUT2D eigenvalue weighted by molar-refractivity contribution is -0.119. The molecule has 0 radical (unpaired) electrons. The molecule has 0 saturated carbocycles. The summed E-state index contributed by atoms with van der Waals surface area (Å²) in [6.07, 6.45) is 1.64. The quantitative estimate of drug-likeness (QED) is 0.560. The number of benzene rings is 2. The van der Waals surface area contributed by atoms with Crippen molar-refractivity contribution in [2.24, 2.45) is 5.10 Å². The number of rotatable bonds is 5. The van der Waals surface area contributed by atoms with Crippen molar-refractivity contribution >= 4 is 39.9 Å². The van der Waals surface area contributed by atoms with Crippen LogP contribution in [0.25, 0.3) is 10.8 Å². The molecule has 1 aromatic heterocycles. The highest BCUT2D eigenvalue weighted by atomic mass is 32.1. The minimum atomic E-state index is -0.180. The summed E-state index contributed by atoms with van der Waals surface area (Å²) in [7, 11) is 0. The van der Waals surface area contributed by atoms with E-state index in [1.807, 2.05) is 53.9 Å². The number of nitrogens with zero attached hydrogens (tertiary/aromatic N) is 1. The number of carbonyl (C=O) groups excluding carboxylic acids is 1. The molecule has 22 heavy (non-hydrogen) atoms. The third-order valence-corrected chi connectivity index (χ3v) is 3.93. The molecule has 3 rings (SSSR count). The lowest BCUT2D eigenvalue weighted by Crippen LogP contribution is -2.25. The van der Waals surface area contributed by atoms with E-state index < -0.39 is 0 Å². The van der Waals surface area contributed by atoms with E-state index in [9.17, 15) is 4.79 Å². The molecule has 0 aliphatic heterocycles. The van der Waals surface area contributed by atoms with E-state index in [4.69, 9.17) is 0 Å². The SMILES string of the molecule is O=C(CNc1ccc2ccccc2c1)NN=Cc1cccs1. The lowest BCUT2D eigenvalue weighted by Gasteiger charge is -2.06. The lowest BCUT2D eigenvalue weighted by atomic mass is 10.1. The fourth-order valence-electron chi connectivity index (χ4n) is 2.05. The van der Waals surface area contributed by atoms with Gasteiger partial charge in [-0.15, -0.1) is 11.3 Å². The average Bonchev–Trinajstić information content (AvgIpc) is 3.06. The minimum absolute atomic E-state index is 0.180. The van der Waals surface area contributed by atoms with Gasteiger partial charge in [0.25, 0.3) is 5.91 Å². The molecule has 1 heterocycles. The first-order valence-corrected chi connectivity index (χ1v) is 7.77. The van der Waals surface area contributed by atoms with E-state index in [1.54, 1.807) is 17.6 Å². The molecule has 0 fully saturated rings. The molecule has 110 valence electrons. The van der Waals surface area contributed by atoms with Gasteiger partial charge in [0.15, 0.2) is 0 Å². The molecule has 0 unspecified atom stereocenters. The smallest absolute Gasteiger partial charge is 0.259 e. The summed E-state index contributed by atoms with van der Waals surface area (Å²) in [5, 5.41) is 11.3. The van der Waals surface area contributed by atoms with Gasteiger partial charge in [-0.1, -0.05) is 36.4 Å². The molecule has 3 aromatic rings. The van der Waals surface area contributed by atoms with Gasteiger partial charge in [-0.2, -0.15) is 5.10 Å². The fourth-order valence-corrected chi connectivity index (χ4v) is 2.64. The van der Waals surface area contributed by atoms with Gasteiger partial charge in [-0.05, 0) is 34.4 Å². The van der Waals surface area contributed by atoms with Gasteiger partial charge < -0.3 is 5.32 Å². The molecule has 2 N–H and O–H groups in total. The van der Waals surface area contributed by atoms with Crippen LogP contribution in [0.2, 0.25) is 0 Å². The Labute approximate surface area is 132 Å². The Morgan fingerprint density at radius 1 is 1.09 bits per heavy atom. The Morgan fingerprint density at radius 2 is 1.95 bits per heavy atom. The van der Waals surface area contributed by atoms with Crippen molar-refractivity contribution in [1.29, 1.82) is 0 Å². The largest absolute Gasteiger partial charge is 0.376 e. The van der Waals surface area contributed by atoms with Crippen LogP contribution in [0.15, 0.2) is 65.1 Å². The zero-order chi connectivity index (χ0) is 15.2. The van der Waals surface area contributed by atoms with Crippen molar-refractivity contribution in [1.82, 2.24) is 5.43 Å². The number of hydrogen-bond acceptors (Lipinski definition) is 4. The Morgan fingerprint density at radius 3 is 2.77 bits per heavy atom. The second kappa shape index (κ2) is 6.87. The monoisotopic (exact) mass is 309 g/mol. The normalized spacial score (nSPS) is 10.9. The van der Waals surface area contributed by atoms with E-state index >= 15 is 0 Å². The Balaban J connectivity index is 1.53. The maximum Gasteiger partial charge on any atom is 0.259 e. The van der Waals surface area contributed by atoms with Crippen LogP contribution in [0.5, 0.6) is 0 Å². The molecular formula is C17H15N3OS. The van der Waals surface area contributed by atoms with E-state index in [2.05, 4.69) is 21.9 Å². The van der Waals surface area contributed by atoms with Crippen LogP contribution < -0.4 is 10.7 Å². The zero-order valence-corrected chi connectivity index (χ0v) is 12.6. The van der Waals surface area contributed by atoms with Crippen molar-refractivity contribution in [3.8, 4) is 0 Å². The molecule has 2 aromatic carbocycles. The Hall–Kier alpha value is -2.66. The van der Waals surface area contributed by atoms with Crippen molar-refractivity contribution in [2.45, 2.75) is 0 Å². The van der Waals surface area contributed by atoms with Crippen LogP contribution in [-0.4, -0.2) is 18.7 Å². The standard InChI is InChI=1S/C17H15N3OS/c21-17(20-19-11-16-6-3-9-22-16)12-18-15-8-7-13-4-1-2-5-14(13)10-15/h1-11,18H,12H2,(H,20,21). The third-order valence-electron chi connectivity index (χ3n) is 3.13. The minimum Gasteiger partial charge on any atom is -0.376 e. The van der Waals surface area contributed by atoms with Gasteiger partial charge in [0.1, 0.15) is 0 Å². The molecule has 0 atom stereocenters. The highest BCUT2D eigenvalue weighted by molar-refractivity contribution is 7.11. The average molecular weight is 309 g/mol. The van der Waals surface area contributed by atoms with Gasteiger partial charge in [0, 0.05) is 10.6 Å². The maximum atomic E-state index is 11.7. The zero-order valence-electron chi connectivity index (χ0n) is 11.8. The topological polar surface area (TPSA) is 53.5 Å². The Bertz CT molecular complexity index is 797. The number of amides is 1. The predicted molar refractivity (Wildman–Crippen MR) is 92.5 cm³/mol. The molecule has 0 spiro atoms. The number of nitrogens with one attached hydrogen (secondary N) is 2. The van der Waals surface area contributed by atoms with Gasteiger partial charge in [0.2, 0.25) is 0 Å². The number of hydrogen-bond donors (Lipinski definition) is 2. The van der Waals surface area contributed by atoms with Crippen LogP contribution in [0, 0.1) is 0 Å². The van der Waals surface area contributed by atoms with Crippen LogP contribution >= 0.6 is 11.3 Å². The Kier molecular flexibility index (Phi) is 4.46. The summed E-state index contributed by atoms with van der Waals surface area (Å²) >= 11 is 1.57. The van der Waals surface area contributed by atoms with E-state index in [0.29, 0.717) is 0 Å². The molecule has 1 amide bonds. The van der Waals surface area contributed by atoms with Gasteiger partial charge in [0.05, 0.1) is 12.8 Å². The van der Waals surface area contributed by atoms with Crippen LogP contribution in [0.4, 0.5) is 5.69 Å². The molecule has 5 heteroatoms. The summed E-state index contributed by atoms with van der Waals surface area (Å²) < 4.78 is 0. The first-order valence-electron chi connectivity index (χ1n) is 6.89. The van der Waals surface area contributed by atoms with Crippen molar-refractivity contribution in [3.05, 3.63) is 64.9 Å². The number of thiophene rings is 1. The third kappa shape index (κ3) is 3.71. The summed E-state index contributed by atoms with van der Waals surface area (Å²) in [6, 6.07) is 18.0. The fraction of sp³-hybridized carbons (Fsp3) is 0.0588. The molecule has 0 aliphatic rings. The highest BCUT2D eigenvalue weighted by Crippen LogP contribution is 2.18. The van der Waals surface area contributed by atoms with Crippen LogP contribution in [-0.2, 0) is 4.79 Å². The van der Waals surface area contributed by atoms with Crippen molar-refractivity contribution < 1.29 is 4.79 Å². The number of anilines is 1. The van der Waals surface area contributed by atoms with E-state index in [0.717, 1.165) is 16.0 Å². The highest BCUT2D eigenvalue weighted by Gasteiger charge is 2.00. The summed E-state index contributed by atoms with van der Waals surface area (Å²) in [6.45, 7) is 0.181. The number of carbonyl (C=O) groups is 1. The van der Waals surface area contributed by atoms with Gasteiger partial charge in [-0.25, -0.2) is 5.43 Å². The van der Waals surface area contributed by atoms with Gasteiger partial charge >= 0.3 is 0 Å². The van der Waals surface area contributed by atoms with Crippen molar-refractivity contribution in [3.63, 3.8) is 0 Å². The molecule has 0 aliphatic carbocycles. The first kappa shape index (κ1) is 14.3. The first-order chi connectivity index (χ1) is 10.8. The van der Waals surface area contributed by atoms with E-state index in [1.165, 1.54) is 5.39 Å².